The number of benzene rings is 1. The number of fused-ring (bicyclic) bond motifs is 1. The van der Waals surface area contributed by atoms with Gasteiger partial charge in [0.05, 0.1) is 11.9 Å². The van der Waals surface area contributed by atoms with Crippen LogP contribution in [0.1, 0.15) is 12.8 Å². The van der Waals surface area contributed by atoms with E-state index < -0.39 is 0 Å². The zero-order valence-corrected chi connectivity index (χ0v) is 14.8. The molecule has 0 spiro atoms. The van der Waals surface area contributed by atoms with E-state index in [0.29, 0.717) is 12.2 Å². The molecular weight excluding hydrogens is 347 g/mol. The highest BCUT2D eigenvalue weighted by Gasteiger charge is 2.24. The van der Waals surface area contributed by atoms with E-state index in [9.17, 15) is 9.18 Å². The second-order valence-corrected chi connectivity index (χ2v) is 6.65. The number of carbonyl (C=O) groups excluding carboxylic acids is 1. The smallest absolute Gasteiger partial charge is 0.241 e. The molecule has 0 radical (unpaired) electrons. The number of H-pyrrole nitrogens is 1. The predicted molar refractivity (Wildman–Crippen MR) is 102 cm³/mol. The predicted octanol–water partition coefficient (Wildman–Crippen LogP) is 2.61. The monoisotopic (exact) mass is 368 g/mol. The van der Waals surface area contributed by atoms with Gasteiger partial charge in [-0.3, -0.25) is 4.79 Å². The van der Waals surface area contributed by atoms with Gasteiger partial charge in [-0.25, -0.2) is 14.4 Å². The van der Waals surface area contributed by atoms with Crippen LogP contribution in [0.15, 0.2) is 42.9 Å². The van der Waals surface area contributed by atoms with E-state index in [1.807, 2.05) is 17.2 Å². The first kappa shape index (κ1) is 17.3. The van der Waals surface area contributed by atoms with Crippen LogP contribution in [0.3, 0.4) is 0 Å². The third-order valence-corrected chi connectivity index (χ3v) is 4.74. The Hall–Kier alpha value is -3.16. The molecule has 1 aliphatic rings. The second kappa shape index (κ2) is 7.61. The average Bonchev–Trinajstić information content (AvgIpc) is 3.16. The molecule has 7 nitrogen and oxygen atoms in total. The van der Waals surface area contributed by atoms with E-state index in [0.717, 1.165) is 36.2 Å². The maximum absolute atomic E-state index is 13.2. The Morgan fingerprint density at radius 2 is 2.26 bits per heavy atom. The lowest BCUT2D eigenvalue weighted by Gasteiger charge is -2.33. The summed E-state index contributed by atoms with van der Waals surface area (Å²) in [6.45, 7) is 1.48. The molecule has 1 amide bonds. The topological polar surface area (TPSA) is 85.9 Å². The summed E-state index contributed by atoms with van der Waals surface area (Å²) < 4.78 is 13.2. The molecule has 0 saturated carbocycles. The first-order valence-corrected chi connectivity index (χ1v) is 9.01. The largest absolute Gasteiger partial charge is 0.376 e. The van der Waals surface area contributed by atoms with Gasteiger partial charge in [-0.2, -0.15) is 0 Å². The fourth-order valence-electron chi connectivity index (χ4n) is 3.39. The molecule has 1 saturated heterocycles. The van der Waals surface area contributed by atoms with Crippen molar-refractivity contribution < 1.29 is 9.18 Å². The van der Waals surface area contributed by atoms with Crippen LogP contribution in [0.5, 0.6) is 0 Å². The van der Waals surface area contributed by atoms with E-state index >= 15 is 0 Å². The van der Waals surface area contributed by atoms with Gasteiger partial charge < -0.3 is 20.5 Å². The summed E-state index contributed by atoms with van der Waals surface area (Å²) in [5.74, 6) is 0.453. The summed E-state index contributed by atoms with van der Waals surface area (Å²) in [6, 6.07) is 8.19. The molecule has 27 heavy (non-hydrogen) atoms. The first-order chi connectivity index (χ1) is 13.2. The molecule has 1 aliphatic heterocycles. The number of halogens is 1. The van der Waals surface area contributed by atoms with E-state index in [1.54, 1.807) is 12.1 Å². The van der Waals surface area contributed by atoms with Crippen molar-refractivity contribution in [3.8, 4) is 0 Å². The Bertz CT molecular complexity index is 943. The second-order valence-electron chi connectivity index (χ2n) is 6.65. The van der Waals surface area contributed by atoms with Crippen molar-refractivity contribution in [1.29, 1.82) is 0 Å². The lowest BCUT2D eigenvalue weighted by atomic mass is 10.1. The number of aromatic amines is 1. The lowest BCUT2D eigenvalue weighted by Crippen LogP contribution is -2.47. The van der Waals surface area contributed by atoms with E-state index in [-0.39, 0.29) is 24.3 Å². The maximum Gasteiger partial charge on any atom is 0.241 e. The van der Waals surface area contributed by atoms with Gasteiger partial charge in [0.15, 0.2) is 0 Å². The van der Waals surface area contributed by atoms with Crippen LogP contribution in [-0.4, -0.2) is 51.4 Å². The van der Waals surface area contributed by atoms with Gasteiger partial charge in [-0.15, -0.1) is 0 Å². The first-order valence-electron chi connectivity index (χ1n) is 9.01. The molecule has 0 bridgehead atoms. The normalized spacial score (nSPS) is 17.1. The highest BCUT2D eigenvalue weighted by Crippen LogP contribution is 2.21. The highest BCUT2D eigenvalue weighted by molar-refractivity contribution is 5.87. The molecule has 1 fully saturated rings. The number of likely N-dealkylation sites (tertiary alicyclic amines) is 1. The Morgan fingerprint density at radius 1 is 1.33 bits per heavy atom. The van der Waals surface area contributed by atoms with Crippen LogP contribution in [0.2, 0.25) is 0 Å². The number of nitrogens with one attached hydrogen (secondary N) is 3. The highest BCUT2D eigenvalue weighted by atomic mass is 19.1. The summed E-state index contributed by atoms with van der Waals surface area (Å²) >= 11 is 0. The minimum absolute atomic E-state index is 0.000222. The molecule has 3 N–H and O–H groups in total. The SMILES string of the molecule is O=C(CNc1cccc(F)c1)N1CCC[C@H](Nc2ncnc3[nH]ccc23)C1. The Morgan fingerprint density at radius 3 is 3.15 bits per heavy atom. The number of nitrogens with zero attached hydrogens (tertiary/aromatic N) is 3. The van der Waals surface area contributed by atoms with Gasteiger partial charge in [0, 0.05) is 31.0 Å². The summed E-state index contributed by atoms with van der Waals surface area (Å²) in [4.78, 5) is 26.0. The van der Waals surface area contributed by atoms with Crippen molar-refractivity contribution in [3.05, 3.63) is 48.7 Å². The minimum Gasteiger partial charge on any atom is -0.376 e. The molecule has 1 aromatic carbocycles. The average molecular weight is 368 g/mol. The van der Waals surface area contributed by atoms with E-state index in [4.69, 9.17) is 0 Å². The molecule has 0 unspecified atom stereocenters. The number of anilines is 2. The zero-order chi connectivity index (χ0) is 18.6. The molecule has 140 valence electrons. The third kappa shape index (κ3) is 3.99. The maximum atomic E-state index is 13.2. The van der Waals surface area contributed by atoms with E-state index in [2.05, 4.69) is 25.6 Å². The number of amides is 1. The Labute approximate surface area is 156 Å². The van der Waals surface area contributed by atoms with Gasteiger partial charge in [-0.05, 0) is 37.1 Å². The third-order valence-electron chi connectivity index (χ3n) is 4.74. The summed E-state index contributed by atoms with van der Waals surface area (Å²) in [6.07, 6.45) is 5.25. The van der Waals surface area contributed by atoms with Crippen LogP contribution in [0.25, 0.3) is 11.0 Å². The number of rotatable bonds is 5. The zero-order valence-electron chi connectivity index (χ0n) is 14.8. The minimum atomic E-state index is -0.324. The Kier molecular flexibility index (Phi) is 4.86. The van der Waals surface area contributed by atoms with Crippen molar-refractivity contribution >= 4 is 28.4 Å². The van der Waals surface area contributed by atoms with Crippen molar-refractivity contribution in [2.75, 3.05) is 30.3 Å². The molecule has 8 heteroatoms. The molecule has 0 aliphatic carbocycles. The standard InChI is InChI=1S/C19H21FN6O/c20-13-3-1-4-14(9-13)22-10-17(27)26-8-2-5-15(11-26)25-19-16-6-7-21-18(16)23-12-24-19/h1,3-4,6-7,9,12,15,22H,2,5,8,10-11H2,(H2,21,23,24,25)/t15-/m0/s1. The fraction of sp³-hybridized carbons (Fsp3) is 0.316. The van der Waals surface area contributed by atoms with Crippen LogP contribution in [0, 0.1) is 5.82 Å². The summed E-state index contributed by atoms with van der Waals surface area (Å²) in [5, 5.41) is 7.37. The molecule has 4 rings (SSSR count). The number of aromatic nitrogens is 3. The number of piperidine rings is 1. The summed E-state index contributed by atoms with van der Waals surface area (Å²) in [5.41, 5.74) is 1.39. The number of carbonyl (C=O) groups is 1. The van der Waals surface area contributed by atoms with Crippen LogP contribution >= 0.6 is 0 Å². The Balaban J connectivity index is 1.36. The molecule has 1 atom stereocenters. The van der Waals surface area contributed by atoms with Gasteiger partial charge in [0.2, 0.25) is 5.91 Å². The molecule has 3 aromatic rings. The molecule has 2 aromatic heterocycles. The number of hydrogen-bond donors (Lipinski definition) is 3. The summed E-state index contributed by atoms with van der Waals surface area (Å²) in [7, 11) is 0. The van der Waals surface area contributed by atoms with Gasteiger partial charge in [0.25, 0.3) is 0 Å². The fourth-order valence-corrected chi connectivity index (χ4v) is 3.39. The number of hydrogen-bond acceptors (Lipinski definition) is 5. The van der Waals surface area contributed by atoms with Crippen molar-refractivity contribution in [2.24, 2.45) is 0 Å². The van der Waals surface area contributed by atoms with Gasteiger partial charge in [-0.1, -0.05) is 6.07 Å². The van der Waals surface area contributed by atoms with Crippen molar-refractivity contribution in [1.82, 2.24) is 19.9 Å². The van der Waals surface area contributed by atoms with Crippen LogP contribution < -0.4 is 10.6 Å². The van der Waals surface area contributed by atoms with Crippen molar-refractivity contribution in [3.63, 3.8) is 0 Å². The van der Waals surface area contributed by atoms with Gasteiger partial charge >= 0.3 is 0 Å². The van der Waals surface area contributed by atoms with Gasteiger partial charge in [0.1, 0.15) is 23.6 Å². The molecular formula is C19H21FN6O. The van der Waals surface area contributed by atoms with E-state index in [1.165, 1.54) is 18.5 Å². The van der Waals surface area contributed by atoms with Crippen LogP contribution in [0.4, 0.5) is 15.9 Å². The lowest BCUT2D eigenvalue weighted by molar-refractivity contribution is -0.130. The quantitative estimate of drug-likeness (QED) is 0.645. The van der Waals surface area contributed by atoms with Crippen LogP contribution in [-0.2, 0) is 4.79 Å². The van der Waals surface area contributed by atoms with Crippen molar-refractivity contribution in [2.45, 2.75) is 18.9 Å². The molecule has 3 heterocycles.